The Kier molecular flexibility index (Phi) is 7.92. The summed E-state index contributed by atoms with van der Waals surface area (Å²) in [7, 11) is 1.67. The first kappa shape index (κ1) is 28.4. The Labute approximate surface area is 255 Å². The van der Waals surface area contributed by atoms with Crippen molar-refractivity contribution in [3.8, 4) is 11.5 Å². The normalized spacial score (nSPS) is 19.9. The Morgan fingerprint density at radius 3 is 2.39 bits per heavy atom. The Balaban J connectivity index is 1.09. The number of anilines is 2. The molecule has 0 radical (unpaired) electrons. The van der Waals surface area contributed by atoms with Gasteiger partial charge in [-0.05, 0) is 93.6 Å². The molecule has 2 N–H and O–H groups in total. The summed E-state index contributed by atoms with van der Waals surface area (Å²) in [4.78, 5) is 22.9. The number of nitrogens with zero attached hydrogens (tertiary/aromatic N) is 7. The molecule has 12 nitrogen and oxygen atoms in total. The number of ether oxygens (including phenoxy) is 2. The number of nitrogens with two attached hydrogens (primary N) is 1. The summed E-state index contributed by atoms with van der Waals surface area (Å²) < 4.78 is 23.4. The largest absolute Gasteiger partial charge is 0.493 e. The number of benzene rings is 1. The van der Waals surface area contributed by atoms with Crippen LogP contribution in [0.1, 0.15) is 38.2 Å². The minimum atomic E-state index is 0.0427. The molecule has 7 rings (SSSR count). The standard InChI is InChI=1S/C32H38N8O4/c1-3-42-28-18-21(8-9-27(28)41-2)20-38-15-10-22(11-16-38)26-19-23(40(33)32-37-25-7-5-14-35-30(25)44-32)12-17-39(26)31-36-24-6-4-13-34-29(24)43-31/h4-9,13-14,18,22-23,26H,3,10-12,15-17,19-20,33H2,1-2H3. The summed E-state index contributed by atoms with van der Waals surface area (Å²) >= 11 is 0. The van der Waals surface area contributed by atoms with Crippen molar-refractivity contribution in [2.75, 3.05) is 43.3 Å². The van der Waals surface area contributed by atoms with Gasteiger partial charge in [0.15, 0.2) is 11.5 Å². The van der Waals surface area contributed by atoms with E-state index in [1.165, 1.54) is 5.56 Å². The van der Waals surface area contributed by atoms with Gasteiger partial charge in [0, 0.05) is 31.5 Å². The fraction of sp³-hybridized carbons (Fsp3) is 0.438. The number of likely N-dealkylation sites (tertiary alicyclic amines) is 1. The van der Waals surface area contributed by atoms with Gasteiger partial charge < -0.3 is 23.2 Å². The monoisotopic (exact) mass is 598 g/mol. The second kappa shape index (κ2) is 12.3. The van der Waals surface area contributed by atoms with E-state index in [9.17, 15) is 0 Å². The lowest BCUT2D eigenvalue weighted by Gasteiger charge is -2.46. The number of oxazole rings is 2. The third-order valence-corrected chi connectivity index (χ3v) is 8.90. The van der Waals surface area contributed by atoms with Crippen LogP contribution >= 0.6 is 0 Å². The molecule has 12 heteroatoms. The van der Waals surface area contributed by atoms with E-state index in [0.717, 1.165) is 68.9 Å². The first-order valence-corrected chi connectivity index (χ1v) is 15.4. The van der Waals surface area contributed by atoms with Gasteiger partial charge >= 0.3 is 6.01 Å². The minimum Gasteiger partial charge on any atom is -0.493 e. The maximum atomic E-state index is 6.69. The molecule has 0 amide bonds. The predicted molar refractivity (Wildman–Crippen MR) is 167 cm³/mol. The van der Waals surface area contributed by atoms with Gasteiger partial charge in [0.1, 0.15) is 11.0 Å². The number of aromatic nitrogens is 4. The molecular formula is C32H38N8O4. The third kappa shape index (κ3) is 5.62. The molecule has 2 saturated heterocycles. The number of hydrazine groups is 1. The highest BCUT2D eigenvalue weighted by Gasteiger charge is 2.40. The summed E-state index contributed by atoms with van der Waals surface area (Å²) in [6.07, 6.45) is 7.18. The molecule has 4 aromatic heterocycles. The molecule has 44 heavy (non-hydrogen) atoms. The van der Waals surface area contributed by atoms with E-state index in [1.807, 2.05) is 37.3 Å². The lowest BCUT2D eigenvalue weighted by molar-refractivity contribution is 0.146. The van der Waals surface area contributed by atoms with Crippen LogP contribution in [0.5, 0.6) is 11.5 Å². The average molecular weight is 599 g/mol. The van der Waals surface area contributed by atoms with Crippen LogP contribution < -0.4 is 25.2 Å². The van der Waals surface area contributed by atoms with Crippen LogP contribution in [0.15, 0.2) is 63.7 Å². The molecule has 230 valence electrons. The highest BCUT2D eigenvalue weighted by molar-refractivity contribution is 5.70. The fourth-order valence-electron chi connectivity index (χ4n) is 6.66. The number of hydrogen-bond acceptors (Lipinski definition) is 12. The van der Waals surface area contributed by atoms with Gasteiger partial charge in [-0.25, -0.2) is 15.8 Å². The third-order valence-electron chi connectivity index (χ3n) is 8.90. The predicted octanol–water partition coefficient (Wildman–Crippen LogP) is 4.80. The van der Waals surface area contributed by atoms with Crippen LogP contribution in [0, 0.1) is 5.92 Å². The topological polar surface area (TPSA) is 132 Å². The number of piperidine rings is 2. The van der Waals surface area contributed by atoms with Crippen molar-refractivity contribution in [2.24, 2.45) is 11.8 Å². The van der Waals surface area contributed by atoms with Gasteiger partial charge in [-0.15, -0.1) is 0 Å². The van der Waals surface area contributed by atoms with Gasteiger partial charge in [0.25, 0.3) is 6.01 Å². The van der Waals surface area contributed by atoms with Gasteiger partial charge in [0.05, 0.1) is 19.8 Å². The second-order valence-electron chi connectivity index (χ2n) is 11.5. The van der Waals surface area contributed by atoms with Crippen molar-refractivity contribution >= 4 is 34.5 Å². The number of fused-ring (bicyclic) bond motifs is 2. The van der Waals surface area contributed by atoms with Crippen molar-refractivity contribution in [3.05, 3.63) is 60.4 Å². The molecule has 2 fully saturated rings. The molecule has 0 saturated carbocycles. The quantitative estimate of drug-likeness (QED) is 0.185. The van der Waals surface area contributed by atoms with E-state index in [0.29, 0.717) is 41.5 Å². The lowest BCUT2D eigenvalue weighted by atomic mass is 9.82. The molecule has 2 unspecified atom stereocenters. The smallest absolute Gasteiger partial charge is 0.314 e. The Bertz CT molecular complexity index is 1650. The molecule has 0 bridgehead atoms. The maximum absolute atomic E-state index is 6.69. The molecule has 6 heterocycles. The second-order valence-corrected chi connectivity index (χ2v) is 11.5. The van der Waals surface area contributed by atoms with Crippen LogP contribution in [0.4, 0.5) is 12.0 Å². The van der Waals surface area contributed by atoms with Crippen LogP contribution in [0.3, 0.4) is 0 Å². The first-order valence-electron chi connectivity index (χ1n) is 15.4. The van der Waals surface area contributed by atoms with Crippen molar-refractivity contribution in [1.82, 2.24) is 24.8 Å². The van der Waals surface area contributed by atoms with E-state index in [-0.39, 0.29) is 12.1 Å². The summed E-state index contributed by atoms with van der Waals surface area (Å²) in [5.74, 6) is 8.68. The zero-order chi connectivity index (χ0) is 30.0. The molecule has 2 aliphatic heterocycles. The Hall–Kier alpha value is -4.42. The summed E-state index contributed by atoms with van der Waals surface area (Å²) in [5.41, 5.74) is 3.73. The van der Waals surface area contributed by atoms with Crippen molar-refractivity contribution in [2.45, 2.75) is 51.2 Å². The van der Waals surface area contributed by atoms with Crippen LogP contribution in [-0.2, 0) is 6.54 Å². The molecule has 0 aliphatic carbocycles. The Morgan fingerprint density at radius 1 is 0.932 bits per heavy atom. The van der Waals surface area contributed by atoms with Gasteiger partial charge in [0.2, 0.25) is 11.4 Å². The van der Waals surface area contributed by atoms with E-state index < -0.39 is 0 Å². The van der Waals surface area contributed by atoms with Crippen LogP contribution in [0.2, 0.25) is 0 Å². The zero-order valence-electron chi connectivity index (χ0n) is 25.1. The maximum Gasteiger partial charge on any atom is 0.314 e. The van der Waals surface area contributed by atoms with Crippen molar-refractivity contribution < 1.29 is 18.3 Å². The summed E-state index contributed by atoms with van der Waals surface area (Å²) in [5, 5.41) is 1.69. The van der Waals surface area contributed by atoms with Crippen LogP contribution in [0.25, 0.3) is 22.5 Å². The van der Waals surface area contributed by atoms with E-state index in [4.69, 9.17) is 29.1 Å². The van der Waals surface area contributed by atoms with Gasteiger partial charge in [-0.2, -0.15) is 9.97 Å². The molecule has 2 aliphatic rings. The van der Waals surface area contributed by atoms with E-state index >= 15 is 0 Å². The lowest BCUT2D eigenvalue weighted by Crippen LogP contribution is -2.56. The average Bonchev–Trinajstić information content (AvgIpc) is 3.70. The highest BCUT2D eigenvalue weighted by Crippen LogP contribution is 2.37. The fourth-order valence-corrected chi connectivity index (χ4v) is 6.66. The molecule has 5 aromatic rings. The molecule has 1 aromatic carbocycles. The SMILES string of the molecule is CCOc1cc(CN2CCC(C3CC(N(N)c4nc5cccnc5o4)CCN3c3nc4cccnc4o3)CC2)ccc1OC. The van der Waals surface area contributed by atoms with Crippen molar-refractivity contribution in [3.63, 3.8) is 0 Å². The summed E-state index contributed by atoms with van der Waals surface area (Å²) in [6, 6.07) is 15.0. The highest BCUT2D eigenvalue weighted by atomic mass is 16.5. The summed E-state index contributed by atoms with van der Waals surface area (Å²) in [6.45, 7) is 6.20. The van der Waals surface area contributed by atoms with E-state index in [1.54, 1.807) is 24.5 Å². The first-order chi connectivity index (χ1) is 21.6. The minimum absolute atomic E-state index is 0.0427. The Morgan fingerprint density at radius 2 is 1.68 bits per heavy atom. The zero-order valence-corrected chi connectivity index (χ0v) is 25.1. The molecule has 2 atom stereocenters. The van der Waals surface area contributed by atoms with Crippen molar-refractivity contribution in [1.29, 1.82) is 0 Å². The number of hydrogen-bond donors (Lipinski definition) is 1. The van der Waals surface area contributed by atoms with E-state index in [2.05, 4.69) is 36.9 Å². The van der Waals surface area contributed by atoms with Crippen LogP contribution in [-0.4, -0.2) is 70.3 Å². The van der Waals surface area contributed by atoms with Gasteiger partial charge in [-0.3, -0.25) is 9.91 Å². The van der Waals surface area contributed by atoms with Gasteiger partial charge in [-0.1, -0.05) is 6.07 Å². The number of rotatable bonds is 9. The number of pyridine rings is 2. The number of methoxy groups -OCH3 is 1. The molecule has 0 spiro atoms. The molecular weight excluding hydrogens is 560 g/mol.